The van der Waals surface area contributed by atoms with E-state index < -0.39 is 5.54 Å². The van der Waals surface area contributed by atoms with Gasteiger partial charge in [0.1, 0.15) is 23.9 Å². The summed E-state index contributed by atoms with van der Waals surface area (Å²) in [6, 6.07) is 12.3. The average molecular weight is 435 g/mol. The van der Waals surface area contributed by atoms with Gasteiger partial charge in [-0.15, -0.1) is 0 Å². The zero-order chi connectivity index (χ0) is 21.8. The van der Waals surface area contributed by atoms with Gasteiger partial charge in [0.15, 0.2) is 5.54 Å². The van der Waals surface area contributed by atoms with Crippen LogP contribution in [0, 0.1) is 12.3 Å². The number of rotatable bonds is 3. The summed E-state index contributed by atoms with van der Waals surface area (Å²) < 4.78 is 18.1. The van der Waals surface area contributed by atoms with E-state index in [1.54, 1.807) is 11.3 Å². The predicted molar refractivity (Wildman–Crippen MR) is 124 cm³/mol. The molecule has 3 aromatic rings. The molecule has 2 N–H and O–H groups in total. The summed E-state index contributed by atoms with van der Waals surface area (Å²) >= 11 is 1.70. The lowest BCUT2D eigenvalue weighted by atomic mass is 9.80. The van der Waals surface area contributed by atoms with E-state index in [1.807, 2.05) is 24.3 Å². The van der Waals surface area contributed by atoms with Gasteiger partial charge in [-0.1, -0.05) is 26.8 Å². The highest BCUT2D eigenvalue weighted by Crippen LogP contribution is 2.52. The van der Waals surface area contributed by atoms with Crippen LogP contribution in [0.4, 0.5) is 0 Å². The molecule has 3 heterocycles. The molecule has 5 nitrogen and oxygen atoms in total. The van der Waals surface area contributed by atoms with Gasteiger partial charge in [0, 0.05) is 11.1 Å². The van der Waals surface area contributed by atoms with Crippen LogP contribution in [0.3, 0.4) is 0 Å². The largest absolute Gasteiger partial charge is 0.493 e. The maximum Gasteiger partial charge on any atom is 0.283 e. The third-order valence-electron chi connectivity index (χ3n) is 5.61. The first kappa shape index (κ1) is 19.9. The first-order valence-electron chi connectivity index (χ1n) is 10.4. The van der Waals surface area contributed by atoms with Crippen molar-refractivity contribution >= 4 is 17.4 Å². The van der Waals surface area contributed by atoms with Gasteiger partial charge >= 0.3 is 0 Å². The Labute approximate surface area is 186 Å². The molecule has 31 heavy (non-hydrogen) atoms. The van der Waals surface area contributed by atoms with E-state index in [-0.39, 0.29) is 11.4 Å². The molecule has 0 aliphatic carbocycles. The van der Waals surface area contributed by atoms with Gasteiger partial charge in [0.05, 0.1) is 6.61 Å². The number of thiophene rings is 1. The lowest BCUT2D eigenvalue weighted by Crippen LogP contribution is -2.31. The summed E-state index contributed by atoms with van der Waals surface area (Å²) in [6.45, 7) is 9.51. The van der Waals surface area contributed by atoms with Gasteiger partial charge < -0.3 is 19.9 Å². The second-order valence-electron chi connectivity index (χ2n) is 9.39. The van der Waals surface area contributed by atoms with E-state index in [4.69, 9.17) is 24.9 Å². The van der Waals surface area contributed by atoms with Gasteiger partial charge in [-0.25, -0.2) is 4.99 Å². The Balaban J connectivity index is 1.64. The van der Waals surface area contributed by atoms with Crippen LogP contribution in [0.2, 0.25) is 0 Å². The molecule has 1 atom stereocenters. The highest BCUT2D eigenvalue weighted by molar-refractivity contribution is 7.08. The minimum absolute atomic E-state index is 0.0586. The van der Waals surface area contributed by atoms with Crippen LogP contribution < -0.4 is 15.2 Å². The molecule has 160 valence electrons. The monoisotopic (exact) mass is 434 g/mol. The van der Waals surface area contributed by atoms with Crippen molar-refractivity contribution in [3.8, 4) is 28.4 Å². The van der Waals surface area contributed by atoms with Crippen molar-refractivity contribution in [3.63, 3.8) is 0 Å². The zero-order valence-electron chi connectivity index (χ0n) is 18.2. The van der Waals surface area contributed by atoms with Gasteiger partial charge in [0.2, 0.25) is 0 Å². The number of amidine groups is 1. The molecule has 2 aliphatic rings. The molecule has 0 saturated carbocycles. The topological polar surface area (TPSA) is 66.1 Å². The second kappa shape index (κ2) is 7.02. The Kier molecular flexibility index (Phi) is 4.52. The average Bonchev–Trinajstić information content (AvgIpc) is 3.33. The first-order valence-corrected chi connectivity index (χ1v) is 11.3. The van der Waals surface area contributed by atoms with Crippen molar-refractivity contribution in [2.24, 2.45) is 16.1 Å². The number of nitrogens with two attached hydrogens (primary N) is 1. The fourth-order valence-corrected chi connectivity index (χ4v) is 4.90. The minimum Gasteiger partial charge on any atom is -0.493 e. The molecule has 6 heteroatoms. The quantitative estimate of drug-likeness (QED) is 0.562. The molecule has 1 spiro atoms. The van der Waals surface area contributed by atoms with Crippen molar-refractivity contribution in [1.29, 1.82) is 0 Å². The van der Waals surface area contributed by atoms with E-state index in [2.05, 4.69) is 50.6 Å². The highest BCUT2D eigenvalue weighted by Gasteiger charge is 2.47. The van der Waals surface area contributed by atoms with Gasteiger partial charge in [-0.05, 0) is 70.1 Å². The summed E-state index contributed by atoms with van der Waals surface area (Å²) in [6.07, 6.45) is 0. The number of benzene rings is 2. The van der Waals surface area contributed by atoms with E-state index in [1.165, 1.54) is 11.1 Å². The van der Waals surface area contributed by atoms with Crippen LogP contribution >= 0.6 is 11.3 Å². The SMILES string of the molecule is Cc1cscc1-c1ccc2c(c1)[C@@]1(COC(N)=N1)c1cc(OCC(C)(C)C)ccc1O2. The molecule has 0 amide bonds. The highest BCUT2D eigenvalue weighted by atomic mass is 32.1. The lowest BCUT2D eigenvalue weighted by molar-refractivity contribution is 0.197. The van der Waals surface area contributed by atoms with Crippen LogP contribution in [0.25, 0.3) is 11.1 Å². The van der Waals surface area contributed by atoms with Gasteiger partial charge in [-0.3, -0.25) is 0 Å². The molecule has 2 aromatic carbocycles. The number of hydrogen-bond acceptors (Lipinski definition) is 6. The standard InChI is InChI=1S/C25H26N2O3S/c1-15-11-31-12-18(15)16-5-7-21-19(9-16)25(14-29-23(26)27-25)20-10-17(6-8-22(20)30-21)28-13-24(2,3)4/h5-12H,13-14H2,1-4H3,(H2,26,27)/t25-/m0/s1. The molecule has 1 aromatic heterocycles. The Morgan fingerprint density at radius 3 is 2.48 bits per heavy atom. The van der Waals surface area contributed by atoms with E-state index in [0.29, 0.717) is 13.2 Å². The fraction of sp³-hybridized carbons (Fsp3) is 0.320. The minimum atomic E-state index is -0.756. The Hall–Kier alpha value is -2.99. The summed E-state index contributed by atoms with van der Waals surface area (Å²) in [4.78, 5) is 4.80. The zero-order valence-corrected chi connectivity index (χ0v) is 19.0. The van der Waals surface area contributed by atoms with Crippen molar-refractivity contribution in [2.75, 3.05) is 13.2 Å². The van der Waals surface area contributed by atoms with E-state index in [9.17, 15) is 0 Å². The second-order valence-corrected chi connectivity index (χ2v) is 10.1. The fourth-order valence-electron chi connectivity index (χ4n) is 4.05. The molecular weight excluding hydrogens is 408 g/mol. The van der Waals surface area contributed by atoms with E-state index >= 15 is 0 Å². The molecule has 5 rings (SSSR count). The van der Waals surface area contributed by atoms with Gasteiger partial charge in [0.25, 0.3) is 6.02 Å². The van der Waals surface area contributed by atoms with Crippen molar-refractivity contribution < 1.29 is 14.2 Å². The van der Waals surface area contributed by atoms with Crippen LogP contribution in [0.1, 0.15) is 37.5 Å². The summed E-state index contributed by atoms with van der Waals surface area (Å²) in [5, 5.41) is 4.33. The molecule has 0 saturated heterocycles. The summed E-state index contributed by atoms with van der Waals surface area (Å²) in [5.74, 6) is 2.30. The van der Waals surface area contributed by atoms with Crippen LogP contribution in [0.15, 0.2) is 52.2 Å². The molecule has 0 radical (unpaired) electrons. The van der Waals surface area contributed by atoms with Crippen molar-refractivity contribution in [3.05, 3.63) is 63.8 Å². The molecule has 0 unspecified atom stereocenters. The Morgan fingerprint density at radius 1 is 1.10 bits per heavy atom. The third kappa shape index (κ3) is 3.45. The maximum absolute atomic E-state index is 6.28. The Bertz CT molecular complexity index is 1190. The summed E-state index contributed by atoms with van der Waals surface area (Å²) in [5.41, 5.74) is 10.8. The van der Waals surface area contributed by atoms with Crippen molar-refractivity contribution in [2.45, 2.75) is 33.2 Å². The molecule has 0 bridgehead atoms. The third-order valence-corrected chi connectivity index (χ3v) is 6.47. The number of ether oxygens (including phenoxy) is 3. The van der Waals surface area contributed by atoms with Crippen molar-refractivity contribution in [1.82, 2.24) is 0 Å². The van der Waals surface area contributed by atoms with Crippen LogP contribution in [-0.4, -0.2) is 19.2 Å². The van der Waals surface area contributed by atoms with Crippen LogP contribution in [-0.2, 0) is 10.3 Å². The molecular formula is C25H26N2O3S. The van der Waals surface area contributed by atoms with Crippen LogP contribution in [0.5, 0.6) is 17.2 Å². The Morgan fingerprint density at radius 2 is 1.84 bits per heavy atom. The number of aryl methyl sites for hydroxylation is 1. The number of fused-ring (bicyclic) bond motifs is 4. The lowest BCUT2D eigenvalue weighted by Gasteiger charge is -2.34. The predicted octanol–water partition coefficient (Wildman–Crippen LogP) is 5.84. The first-order chi connectivity index (χ1) is 14.7. The normalized spacial score (nSPS) is 19.3. The number of aliphatic imine (C=N–C) groups is 1. The number of hydrogen-bond donors (Lipinski definition) is 1. The summed E-state index contributed by atoms with van der Waals surface area (Å²) in [7, 11) is 0. The molecule has 0 fully saturated rings. The maximum atomic E-state index is 6.28. The molecule has 2 aliphatic heterocycles. The van der Waals surface area contributed by atoms with E-state index in [0.717, 1.165) is 33.9 Å². The number of nitrogens with zero attached hydrogens (tertiary/aromatic N) is 1. The van der Waals surface area contributed by atoms with Gasteiger partial charge in [-0.2, -0.15) is 11.3 Å². The smallest absolute Gasteiger partial charge is 0.283 e.